The lowest BCUT2D eigenvalue weighted by molar-refractivity contribution is -0.275. The maximum atomic E-state index is 14.1. The van der Waals surface area contributed by atoms with Crippen LogP contribution in [0.4, 0.5) is 13.2 Å². The number of hydrogen-bond donors (Lipinski definition) is 0. The van der Waals surface area contributed by atoms with E-state index >= 15 is 0 Å². The van der Waals surface area contributed by atoms with Gasteiger partial charge in [-0.05, 0) is 47.9 Å². The highest BCUT2D eigenvalue weighted by Crippen LogP contribution is 2.50. The van der Waals surface area contributed by atoms with Crippen LogP contribution in [0.5, 0.6) is 0 Å². The molecule has 0 spiro atoms. The number of halogens is 5. The van der Waals surface area contributed by atoms with Gasteiger partial charge in [-0.25, -0.2) is 4.79 Å². The Kier molecular flexibility index (Phi) is 5.20. The van der Waals surface area contributed by atoms with Gasteiger partial charge >= 0.3 is 12.1 Å². The molecule has 30 heavy (non-hydrogen) atoms. The third-order valence-corrected chi connectivity index (χ3v) is 6.34. The summed E-state index contributed by atoms with van der Waals surface area (Å²) in [5, 5.41) is 4.58. The van der Waals surface area contributed by atoms with Crippen LogP contribution in [0.2, 0.25) is 10.0 Å². The molecule has 0 saturated heterocycles. The van der Waals surface area contributed by atoms with Gasteiger partial charge in [-0.3, -0.25) is 0 Å². The molecule has 0 amide bonds. The van der Waals surface area contributed by atoms with E-state index in [1.807, 2.05) is 0 Å². The number of thiophene rings is 1. The Morgan fingerprint density at radius 2 is 1.87 bits per heavy atom. The Labute approximate surface area is 182 Å². The Morgan fingerprint density at radius 3 is 2.50 bits per heavy atom. The molecule has 1 atom stereocenters. The van der Waals surface area contributed by atoms with E-state index in [-0.39, 0.29) is 21.3 Å². The van der Waals surface area contributed by atoms with Crippen LogP contribution in [-0.2, 0) is 15.2 Å². The second-order valence-electron chi connectivity index (χ2n) is 6.64. The van der Waals surface area contributed by atoms with Crippen molar-refractivity contribution >= 4 is 56.3 Å². The fraction of sp³-hybridized carbons (Fsp3) is 0.200. The van der Waals surface area contributed by atoms with E-state index in [1.165, 1.54) is 36.6 Å². The Hall–Kier alpha value is -2.29. The van der Waals surface area contributed by atoms with Crippen molar-refractivity contribution in [2.24, 2.45) is 5.16 Å². The van der Waals surface area contributed by atoms with Crippen molar-refractivity contribution in [2.75, 3.05) is 7.11 Å². The number of benzene rings is 2. The molecule has 10 heteroatoms. The molecule has 1 unspecified atom stereocenters. The molecule has 0 bridgehead atoms. The lowest BCUT2D eigenvalue weighted by Crippen LogP contribution is -2.42. The minimum Gasteiger partial charge on any atom is -0.465 e. The van der Waals surface area contributed by atoms with Gasteiger partial charge in [0.25, 0.3) is 5.60 Å². The van der Waals surface area contributed by atoms with Gasteiger partial charge in [0.15, 0.2) is 0 Å². The number of rotatable bonds is 3. The van der Waals surface area contributed by atoms with Gasteiger partial charge in [-0.15, -0.1) is 11.3 Å². The molecule has 0 N–H and O–H groups in total. The summed E-state index contributed by atoms with van der Waals surface area (Å²) in [5.41, 5.74) is -2.42. The molecule has 1 aliphatic heterocycles. The zero-order valence-corrected chi connectivity index (χ0v) is 17.5. The number of nitrogens with zero attached hydrogens (tertiary/aromatic N) is 1. The van der Waals surface area contributed by atoms with Gasteiger partial charge in [0.1, 0.15) is 5.71 Å². The lowest BCUT2D eigenvalue weighted by atomic mass is 9.88. The SMILES string of the molecule is COC(=O)c1ccc2sc(C3=NOC(c4cc(Cl)cc(Cl)c4)(C(F)(F)F)C3)cc2c1. The first kappa shape index (κ1) is 21.0. The smallest absolute Gasteiger partial charge is 0.435 e. The van der Waals surface area contributed by atoms with E-state index < -0.39 is 24.2 Å². The highest BCUT2D eigenvalue weighted by atomic mass is 35.5. The van der Waals surface area contributed by atoms with Crippen molar-refractivity contribution in [3.63, 3.8) is 0 Å². The van der Waals surface area contributed by atoms with E-state index in [4.69, 9.17) is 32.8 Å². The third-order valence-electron chi connectivity index (χ3n) is 4.74. The van der Waals surface area contributed by atoms with Crippen LogP contribution in [0.1, 0.15) is 27.2 Å². The maximum Gasteiger partial charge on any atom is 0.435 e. The first-order chi connectivity index (χ1) is 14.1. The van der Waals surface area contributed by atoms with Crippen molar-refractivity contribution in [1.29, 1.82) is 0 Å². The van der Waals surface area contributed by atoms with E-state index in [0.717, 1.165) is 4.70 Å². The second-order valence-corrected chi connectivity index (χ2v) is 8.60. The van der Waals surface area contributed by atoms with Crippen LogP contribution in [0, 0.1) is 0 Å². The summed E-state index contributed by atoms with van der Waals surface area (Å²) in [5.74, 6) is -0.500. The summed E-state index contributed by atoms with van der Waals surface area (Å²) in [6.45, 7) is 0. The van der Waals surface area contributed by atoms with E-state index in [9.17, 15) is 18.0 Å². The van der Waals surface area contributed by atoms with E-state index in [0.29, 0.717) is 15.8 Å². The number of ether oxygens (including phenoxy) is 1. The van der Waals surface area contributed by atoms with Crippen LogP contribution in [0.3, 0.4) is 0 Å². The lowest BCUT2D eigenvalue weighted by Gasteiger charge is -2.29. The molecule has 3 aromatic rings. The predicted molar refractivity (Wildman–Crippen MR) is 110 cm³/mol. The monoisotopic (exact) mass is 473 g/mol. The molecular formula is C20H12Cl2F3NO3S. The number of carbonyl (C=O) groups excluding carboxylic acids is 1. The van der Waals surface area contributed by atoms with Crippen molar-refractivity contribution < 1.29 is 27.5 Å². The first-order valence-corrected chi connectivity index (χ1v) is 10.1. The van der Waals surface area contributed by atoms with Gasteiger partial charge < -0.3 is 9.57 Å². The quantitative estimate of drug-likeness (QED) is 0.403. The fourth-order valence-electron chi connectivity index (χ4n) is 3.25. The molecule has 0 fully saturated rings. The molecular weight excluding hydrogens is 462 g/mol. The topological polar surface area (TPSA) is 47.9 Å². The molecule has 4 rings (SSSR count). The summed E-state index contributed by atoms with van der Waals surface area (Å²) in [7, 11) is 1.27. The maximum absolute atomic E-state index is 14.1. The van der Waals surface area contributed by atoms with E-state index in [2.05, 4.69) is 5.16 Å². The summed E-state index contributed by atoms with van der Waals surface area (Å²) in [6, 6.07) is 10.3. The number of hydrogen-bond acceptors (Lipinski definition) is 5. The Morgan fingerprint density at radius 1 is 1.17 bits per heavy atom. The van der Waals surface area contributed by atoms with Gasteiger partial charge in [-0.2, -0.15) is 13.2 Å². The summed E-state index contributed by atoms with van der Waals surface area (Å²) < 4.78 is 47.8. The van der Waals surface area contributed by atoms with E-state index in [1.54, 1.807) is 24.3 Å². The summed E-state index contributed by atoms with van der Waals surface area (Å²) in [6.07, 6.45) is -5.30. The predicted octanol–water partition coefficient (Wildman–Crippen LogP) is 6.58. The first-order valence-electron chi connectivity index (χ1n) is 8.53. The average molecular weight is 474 g/mol. The molecule has 0 radical (unpaired) electrons. The Bertz CT molecular complexity index is 1170. The number of carbonyl (C=O) groups is 1. The van der Waals surface area contributed by atoms with Gasteiger partial charge in [0, 0.05) is 20.3 Å². The number of oxime groups is 1. The normalized spacial score (nSPS) is 18.9. The molecule has 1 aliphatic rings. The second kappa shape index (κ2) is 7.44. The molecule has 156 valence electrons. The minimum atomic E-state index is -4.76. The highest BCUT2D eigenvalue weighted by molar-refractivity contribution is 7.20. The van der Waals surface area contributed by atoms with Crippen LogP contribution >= 0.6 is 34.5 Å². The highest BCUT2D eigenvalue weighted by Gasteiger charge is 2.62. The molecule has 0 saturated carbocycles. The zero-order chi connectivity index (χ0) is 21.7. The number of alkyl halides is 3. The van der Waals surface area contributed by atoms with Crippen molar-refractivity contribution in [3.05, 3.63) is 68.5 Å². The number of fused-ring (bicyclic) bond motifs is 1. The van der Waals surface area contributed by atoms with Crippen LogP contribution in [0.15, 0.2) is 47.6 Å². The van der Waals surface area contributed by atoms with Crippen molar-refractivity contribution in [2.45, 2.75) is 18.2 Å². The standard InChI is InChI=1S/C20H12Cl2F3NO3S/c1-28-18(27)10-2-3-16-11(4-10)5-17(30-16)15-9-19(29-26-15,20(23,24)25)12-6-13(21)8-14(22)7-12/h2-8H,9H2,1H3. The van der Waals surface area contributed by atoms with Gasteiger partial charge in [-0.1, -0.05) is 28.4 Å². The van der Waals surface area contributed by atoms with Crippen molar-refractivity contribution in [3.8, 4) is 0 Å². The molecule has 0 aliphatic carbocycles. The summed E-state index contributed by atoms with van der Waals surface area (Å²) >= 11 is 13.1. The zero-order valence-electron chi connectivity index (χ0n) is 15.2. The summed E-state index contributed by atoms with van der Waals surface area (Å²) in [4.78, 5) is 17.2. The van der Waals surface area contributed by atoms with Crippen LogP contribution in [0.25, 0.3) is 10.1 Å². The van der Waals surface area contributed by atoms with Crippen LogP contribution in [-0.4, -0.2) is 25.0 Å². The minimum absolute atomic E-state index is 0.0652. The average Bonchev–Trinajstić information content (AvgIpc) is 3.30. The molecule has 2 heterocycles. The van der Waals surface area contributed by atoms with Crippen molar-refractivity contribution in [1.82, 2.24) is 0 Å². The molecule has 4 nitrogen and oxygen atoms in total. The fourth-order valence-corrected chi connectivity index (χ4v) is 4.80. The molecule has 2 aromatic carbocycles. The number of methoxy groups -OCH3 is 1. The molecule has 1 aromatic heterocycles. The third kappa shape index (κ3) is 3.53. The van der Waals surface area contributed by atoms with Crippen LogP contribution < -0.4 is 0 Å². The largest absolute Gasteiger partial charge is 0.465 e. The Balaban J connectivity index is 1.73. The number of esters is 1. The van der Waals surface area contributed by atoms with Gasteiger partial charge in [0.2, 0.25) is 0 Å². The van der Waals surface area contributed by atoms with Gasteiger partial charge in [0.05, 0.1) is 24.0 Å².